The summed E-state index contributed by atoms with van der Waals surface area (Å²) < 4.78 is 26.8. The molecule has 2 N–H and O–H groups in total. The Kier molecular flexibility index (Phi) is 2.87. The lowest BCUT2D eigenvalue weighted by atomic mass is 10.3. The van der Waals surface area contributed by atoms with E-state index in [1.54, 1.807) is 13.0 Å². The minimum Gasteiger partial charge on any atom is -0.367 e. The van der Waals surface area contributed by atoms with Gasteiger partial charge < -0.3 is 5.32 Å². The molecule has 82 valence electrons. The molecule has 1 aromatic carbocycles. The Morgan fingerprint density at radius 2 is 2.13 bits per heavy atom. The van der Waals surface area contributed by atoms with E-state index in [-0.39, 0.29) is 11.1 Å². The lowest BCUT2D eigenvalue weighted by Crippen LogP contribution is -2.42. The predicted molar refractivity (Wildman–Crippen MR) is 67.6 cm³/mol. The number of fused-ring (bicyclic) bond motifs is 1. The summed E-state index contributed by atoms with van der Waals surface area (Å²) >= 11 is 7.88. The first-order valence-electron chi connectivity index (χ1n) is 4.18. The zero-order chi connectivity index (χ0) is 11.2. The number of hydrogen-bond acceptors (Lipinski definition) is 3. The van der Waals surface area contributed by atoms with Gasteiger partial charge in [-0.1, -0.05) is 11.6 Å². The molecule has 0 amide bonds. The average Bonchev–Trinajstić information content (AvgIpc) is 2.06. The highest BCUT2D eigenvalue weighted by Gasteiger charge is 2.28. The van der Waals surface area contributed by atoms with Crippen LogP contribution >= 0.6 is 34.2 Å². The molecular formula is C8H8ClIN2O2S. The van der Waals surface area contributed by atoms with Gasteiger partial charge in [-0.25, -0.2) is 8.42 Å². The Bertz CT molecular complexity index is 518. The van der Waals surface area contributed by atoms with Gasteiger partial charge >= 0.3 is 0 Å². The highest BCUT2D eigenvalue weighted by molar-refractivity contribution is 14.1. The molecule has 0 aliphatic carbocycles. The quantitative estimate of drug-likeness (QED) is 0.698. The van der Waals surface area contributed by atoms with Crippen molar-refractivity contribution in [2.75, 3.05) is 5.32 Å². The summed E-state index contributed by atoms with van der Waals surface area (Å²) in [5.41, 5.74) is 0.617. The highest BCUT2D eigenvalue weighted by atomic mass is 127. The molecule has 1 unspecified atom stereocenters. The Morgan fingerprint density at radius 1 is 1.47 bits per heavy atom. The van der Waals surface area contributed by atoms with Gasteiger partial charge in [0.15, 0.2) is 0 Å². The number of nitrogens with one attached hydrogen (secondary N) is 2. The Hall–Kier alpha value is -0.0500. The second-order valence-corrected chi connectivity index (χ2v) is 6.53. The van der Waals surface area contributed by atoms with E-state index in [4.69, 9.17) is 11.6 Å². The summed E-state index contributed by atoms with van der Waals surface area (Å²) in [5.74, 6) is 0. The molecule has 2 rings (SSSR count). The molecule has 7 heteroatoms. The van der Waals surface area contributed by atoms with E-state index in [9.17, 15) is 8.42 Å². The summed E-state index contributed by atoms with van der Waals surface area (Å²) in [6.45, 7) is 1.74. The highest BCUT2D eigenvalue weighted by Crippen LogP contribution is 2.33. The molecule has 1 aliphatic rings. The third kappa shape index (κ3) is 2.08. The fraction of sp³-hybridized carbons (Fsp3) is 0.250. The largest absolute Gasteiger partial charge is 0.367 e. The topological polar surface area (TPSA) is 58.2 Å². The van der Waals surface area contributed by atoms with Crippen molar-refractivity contribution in [1.82, 2.24) is 4.72 Å². The number of anilines is 1. The maximum Gasteiger partial charge on any atom is 0.244 e. The summed E-state index contributed by atoms with van der Waals surface area (Å²) in [6, 6.07) is 3.17. The number of hydrogen-bond donors (Lipinski definition) is 2. The van der Waals surface area contributed by atoms with Crippen LogP contribution in [0.25, 0.3) is 0 Å². The van der Waals surface area contributed by atoms with Crippen LogP contribution in [0.1, 0.15) is 6.92 Å². The second-order valence-electron chi connectivity index (χ2n) is 3.25. The minimum atomic E-state index is -3.44. The molecule has 1 aliphatic heterocycles. The van der Waals surface area contributed by atoms with Crippen LogP contribution in [-0.4, -0.2) is 14.6 Å². The molecule has 1 heterocycles. The monoisotopic (exact) mass is 358 g/mol. The van der Waals surface area contributed by atoms with E-state index < -0.39 is 10.0 Å². The fourth-order valence-corrected chi connectivity index (χ4v) is 4.25. The van der Waals surface area contributed by atoms with Gasteiger partial charge in [-0.15, -0.1) is 0 Å². The molecule has 0 saturated heterocycles. The number of sulfonamides is 1. The number of halogens is 2. The van der Waals surface area contributed by atoms with Gasteiger partial charge in [0, 0.05) is 8.59 Å². The van der Waals surface area contributed by atoms with Crippen molar-refractivity contribution in [3.05, 3.63) is 20.7 Å². The van der Waals surface area contributed by atoms with Crippen molar-refractivity contribution in [2.45, 2.75) is 18.0 Å². The molecule has 4 nitrogen and oxygen atoms in total. The van der Waals surface area contributed by atoms with Crippen LogP contribution in [0.4, 0.5) is 5.69 Å². The van der Waals surface area contributed by atoms with Gasteiger partial charge in [0.05, 0.1) is 11.9 Å². The maximum absolute atomic E-state index is 11.8. The van der Waals surface area contributed by atoms with Crippen molar-refractivity contribution < 1.29 is 8.42 Å². The van der Waals surface area contributed by atoms with Gasteiger partial charge in [-0.3, -0.25) is 0 Å². The van der Waals surface area contributed by atoms with Crippen LogP contribution in [0, 0.1) is 3.57 Å². The summed E-state index contributed by atoms with van der Waals surface area (Å²) in [6.07, 6.45) is -0.308. The first-order chi connectivity index (χ1) is 6.90. The lowest BCUT2D eigenvalue weighted by Gasteiger charge is -2.26. The standard InChI is InChI=1S/C8H8ClIN2O2S/c1-4-11-8-6(10)2-5(9)3-7(8)15(13,14)12-4/h2-4,11-12H,1H3. The normalized spacial score (nSPS) is 23.0. The maximum atomic E-state index is 11.8. The average molecular weight is 359 g/mol. The Balaban J connectivity index is 2.73. The molecule has 15 heavy (non-hydrogen) atoms. The van der Waals surface area contributed by atoms with Crippen molar-refractivity contribution >= 4 is 49.9 Å². The number of rotatable bonds is 0. The first-order valence-corrected chi connectivity index (χ1v) is 7.12. The van der Waals surface area contributed by atoms with Gasteiger partial charge in [0.25, 0.3) is 0 Å². The third-order valence-corrected chi connectivity index (χ3v) is 4.63. The van der Waals surface area contributed by atoms with Gasteiger partial charge in [0.2, 0.25) is 10.0 Å². The van der Waals surface area contributed by atoms with E-state index in [2.05, 4.69) is 32.6 Å². The fourth-order valence-electron chi connectivity index (χ4n) is 1.44. The smallest absolute Gasteiger partial charge is 0.244 e. The molecule has 0 aromatic heterocycles. The molecule has 0 spiro atoms. The second kappa shape index (κ2) is 3.76. The Morgan fingerprint density at radius 3 is 2.80 bits per heavy atom. The Labute approximate surface area is 107 Å². The van der Waals surface area contributed by atoms with Crippen LogP contribution in [0.15, 0.2) is 17.0 Å². The van der Waals surface area contributed by atoms with Crippen molar-refractivity contribution in [2.24, 2.45) is 0 Å². The molecule has 1 aromatic rings. The van der Waals surface area contributed by atoms with Crippen molar-refractivity contribution in [3.8, 4) is 0 Å². The lowest BCUT2D eigenvalue weighted by molar-refractivity contribution is 0.565. The van der Waals surface area contributed by atoms with Crippen LogP contribution in [0.2, 0.25) is 5.02 Å². The van der Waals surface area contributed by atoms with Crippen molar-refractivity contribution in [3.63, 3.8) is 0 Å². The zero-order valence-electron chi connectivity index (χ0n) is 7.71. The third-order valence-electron chi connectivity index (χ3n) is 2.00. The zero-order valence-corrected chi connectivity index (χ0v) is 11.4. The molecule has 0 fully saturated rings. The summed E-state index contributed by atoms with van der Waals surface area (Å²) in [7, 11) is -3.44. The molecule has 1 atom stereocenters. The van der Waals surface area contributed by atoms with Crippen LogP contribution in [0.3, 0.4) is 0 Å². The summed E-state index contributed by atoms with van der Waals surface area (Å²) in [5, 5.41) is 3.47. The van der Waals surface area contributed by atoms with E-state index in [0.717, 1.165) is 3.57 Å². The molecule has 0 radical (unpaired) electrons. The predicted octanol–water partition coefficient (Wildman–Crippen LogP) is 1.99. The van der Waals surface area contributed by atoms with Gasteiger partial charge in [0.1, 0.15) is 4.90 Å². The van der Waals surface area contributed by atoms with Crippen LogP contribution in [-0.2, 0) is 10.0 Å². The van der Waals surface area contributed by atoms with E-state index in [0.29, 0.717) is 10.7 Å². The molecule has 0 bridgehead atoms. The first kappa shape index (κ1) is 11.4. The van der Waals surface area contributed by atoms with E-state index in [1.807, 2.05) is 0 Å². The minimum absolute atomic E-state index is 0.206. The van der Waals surface area contributed by atoms with Gasteiger partial charge in [-0.05, 0) is 41.6 Å². The summed E-state index contributed by atoms with van der Waals surface area (Å²) in [4.78, 5) is 0.206. The van der Waals surface area contributed by atoms with Crippen LogP contribution in [0.5, 0.6) is 0 Å². The molecular weight excluding hydrogens is 351 g/mol. The SMILES string of the molecule is CC1Nc2c(I)cc(Cl)cc2S(=O)(=O)N1. The number of benzene rings is 1. The van der Waals surface area contributed by atoms with E-state index >= 15 is 0 Å². The van der Waals surface area contributed by atoms with Crippen molar-refractivity contribution in [1.29, 1.82) is 0 Å². The van der Waals surface area contributed by atoms with Crippen LogP contribution < -0.4 is 10.0 Å². The molecule has 0 saturated carbocycles. The van der Waals surface area contributed by atoms with Gasteiger partial charge in [-0.2, -0.15) is 4.72 Å². The van der Waals surface area contributed by atoms with E-state index in [1.165, 1.54) is 6.07 Å².